The summed E-state index contributed by atoms with van der Waals surface area (Å²) in [4.78, 5) is 25.6. The second-order valence-corrected chi connectivity index (χ2v) is 8.69. The highest BCUT2D eigenvalue weighted by Crippen LogP contribution is 2.21. The fourth-order valence-electron chi connectivity index (χ4n) is 3.36. The number of ether oxygens (including phenoxy) is 2. The topological polar surface area (TPSA) is 118 Å². The Bertz CT molecular complexity index is 808. The number of benzene rings is 1. The molecule has 4 N–H and O–H groups in total. The monoisotopic (exact) mass is 430 g/mol. The zero-order chi connectivity index (χ0) is 23.0. The summed E-state index contributed by atoms with van der Waals surface area (Å²) in [5.41, 5.74) is 7.54. The van der Waals surface area contributed by atoms with E-state index in [9.17, 15) is 9.59 Å². The Morgan fingerprint density at radius 1 is 1.32 bits per heavy atom. The molecular weight excluding hydrogens is 396 g/mol. The Labute approximate surface area is 184 Å². The van der Waals surface area contributed by atoms with E-state index >= 15 is 0 Å². The van der Waals surface area contributed by atoms with Gasteiger partial charge in [-0.25, -0.2) is 4.79 Å². The molecule has 1 saturated heterocycles. The van der Waals surface area contributed by atoms with Gasteiger partial charge in [0, 0.05) is 37.6 Å². The van der Waals surface area contributed by atoms with E-state index < -0.39 is 17.6 Å². The number of hydrogen-bond donors (Lipinski definition) is 3. The molecule has 170 valence electrons. The van der Waals surface area contributed by atoms with Crippen LogP contribution in [0.4, 0.5) is 4.79 Å². The minimum atomic E-state index is -0.861. The van der Waals surface area contributed by atoms with Crippen molar-refractivity contribution in [2.75, 3.05) is 26.7 Å². The fourth-order valence-corrected chi connectivity index (χ4v) is 3.36. The summed E-state index contributed by atoms with van der Waals surface area (Å²) in [6.45, 7) is 7.71. The van der Waals surface area contributed by atoms with Crippen LogP contribution >= 0.6 is 0 Å². The average molecular weight is 431 g/mol. The molecule has 0 radical (unpaired) electrons. The van der Waals surface area contributed by atoms with E-state index in [1.54, 1.807) is 29.3 Å². The average Bonchev–Trinajstić information content (AvgIpc) is 2.75. The van der Waals surface area contributed by atoms with Gasteiger partial charge in [0.1, 0.15) is 11.6 Å². The summed E-state index contributed by atoms with van der Waals surface area (Å²) in [5.74, 6) is -0.0746. The molecule has 1 amide bonds. The molecule has 0 aliphatic carbocycles. The van der Waals surface area contributed by atoms with E-state index in [0.717, 1.165) is 24.9 Å². The zero-order valence-corrected chi connectivity index (χ0v) is 18.8. The molecule has 1 atom stereocenters. The van der Waals surface area contributed by atoms with Crippen LogP contribution < -0.4 is 11.1 Å². The van der Waals surface area contributed by atoms with E-state index in [0.29, 0.717) is 30.1 Å². The summed E-state index contributed by atoms with van der Waals surface area (Å²) in [5, 5.41) is 11.0. The largest absolute Gasteiger partial charge is 0.468 e. The number of nitrogens with zero attached hydrogens (tertiary/aromatic N) is 1. The van der Waals surface area contributed by atoms with Crippen molar-refractivity contribution in [3.05, 3.63) is 41.6 Å². The molecule has 0 saturated carbocycles. The first-order valence-corrected chi connectivity index (χ1v) is 10.5. The van der Waals surface area contributed by atoms with Gasteiger partial charge < -0.3 is 30.8 Å². The van der Waals surface area contributed by atoms with Gasteiger partial charge in [0.25, 0.3) is 0 Å². The van der Waals surface area contributed by atoms with Crippen molar-refractivity contribution in [1.29, 1.82) is 5.41 Å². The second kappa shape index (κ2) is 10.9. The van der Waals surface area contributed by atoms with E-state index in [-0.39, 0.29) is 6.09 Å². The summed E-state index contributed by atoms with van der Waals surface area (Å²) in [6.07, 6.45) is 4.60. The molecule has 1 unspecified atom stereocenters. The first-order valence-electron chi connectivity index (χ1n) is 10.5. The summed E-state index contributed by atoms with van der Waals surface area (Å²) in [7, 11) is 1.30. The lowest BCUT2D eigenvalue weighted by atomic mass is 9.97. The molecule has 2 rings (SSSR count). The molecule has 0 aromatic heterocycles. The number of allylic oxidation sites excluding steroid dienone is 1. The number of rotatable bonds is 7. The van der Waals surface area contributed by atoms with Crippen LogP contribution in [0.1, 0.15) is 50.8 Å². The van der Waals surface area contributed by atoms with Gasteiger partial charge in [-0.05, 0) is 56.7 Å². The molecule has 1 aliphatic rings. The number of hydrogen-bond acceptors (Lipinski definition) is 7. The van der Waals surface area contributed by atoms with Crippen molar-refractivity contribution in [1.82, 2.24) is 10.2 Å². The molecule has 31 heavy (non-hydrogen) atoms. The maximum Gasteiger partial charge on any atom is 0.410 e. The van der Waals surface area contributed by atoms with Crippen molar-refractivity contribution < 1.29 is 19.1 Å². The number of likely N-dealkylation sites (tertiary alicyclic amines) is 1. The van der Waals surface area contributed by atoms with Gasteiger partial charge in [-0.1, -0.05) is 18.2 Å². The van der Waals surface area contributed by atoms with Gasteiger partial charge in [-0.15, -0.1) is 0 Å². The summed E-state index contributed by atoms with van der Waals surface area (Å²) >= 11 is 0. The molecule has 8 heteroatoms. The van der Waals surface area contributed by atoms with E-state index in [1.165, 1.54) is 13.3 Å². The Morgan fingerprint density at radius 3 is 2.58 bits per heavy atom. The van der Waals surface area contributed by atoms with E-state index in [2.05, 4.69) is 5.32 Å². The van der Waals surface area contributed by atoms with Gasteiger partial charge in [-0.3, -0.25) is 4.79 Å². The molecule has 1 fully saturated rings. The van der Waals surface area contributed by atoms with Crippen molar-refractivity contribution in [3.63, 3.8) is 0 Å². The molecule has 8 nitrogen and oxygen atoms in total. The van der Waals surface area contributed by atoms with Crippen LogP contribution in [-0.4, -0.2) is 55.5 Å². The normalized spacial score (nSPS) is 16.4. The maximum atomic E-state index is 12.2. The molecule has 1 aromatic carbocycles. The molecule has 1 aliphatic heterocycles. The van der Waals surface area contributed by atoms with Crippen molar-refractivity contribution in [2.45, 2.75) is 45.3 Å². The quantitative estimate of drug-likeness (QED) is 0.452. The number of nitrogens with two attached hydrogens (primary N) is 1. The molecule has 1 aromatic rings. The maximum absolute atomic E-state index is 12.2. The van der Waals surface area contributed by atoms with Gasteiger partial charge >= 0.3 is 12.1 Å². The summed E-state index contributed by atoms with van der Waals surface area (Å²) < 4.78 is 10.1. The predicted molar refractivity (Wildman–Crippen MR) is 121 cm³/mol. The first-order chi connectivity index (χ1) is 14.6. The van der Waals surface area contributed by atoms with Crippen molar-refractivity contribution >= 4 is 23.9 Å². The van der Waals surface area contributed by atoms with Crippen LogP contribution in [0.15, 0.2) is 30.5 Å². The lowest BCUT2D eigenvalue weighted by Gasteiger charge is -2.33. The van der Waals surface area contributed by atoms with Crippen molar-refractivity contribution in [2.24, 2.45) is 11.7 Å². The Balaban J connectivity index is 1.90. The number of piperidine rings is 1. The first kappa shape index (κ1) is 24.4. The Hall–Kier alpha value is -2.87. The molecule has 1 heterocycles. The SMILES string of the molecule is COC(=O)C(N)c1cccc(/C(C=N)=C/NCC2CCN(C(=O)OC(C)(C)C)CC2)c1. The van der Waals surface area contributed by atoms with Crippen molar-refractivity contribution in [3.8, 4) is 0 Å². The fraction of sp³-hybridized carbons (Fsp3) is 0.522. The molecule has 0 bridgehead atoms. The highest BCUT2D eigenvalue weighted by molar-refractivity contribution is 6.08. The van der Waals surface area contributed by atoms with Crippen LogP contribution in [-0.2, 0) is 14.3 Å². The highest BCUT2D eigenvalue weighted by atomic mass is 16.6. The lowest BCUT2D eigenvalue weighted by molar-refractivity contribution is -0.142. The smallest absolute Gasteiger partial charge is 0.410 e. The lowest BCUT2D eigenvalue weighted by Crippen LogP contribution is -2.43. The number of nitrogens with one attached hydrogen (secondary N) is 2. The number of carbonyl (C=O) groups is 2. The van der Waals surface area contributed by atoms with Gasteiger partial charge in [-0.2, -0.15) is 0 Å². The standard InChI is InChI=1S/C23H34N4O4/c1-23(2,3)31-22(29)27-10-8-16(9-11-27)14-26-15-19(13-24)17-6-5-7-18(12-17)20(25)21(28)30-4/h5-7,12-13,15-16,20,24,26H,8-11,14,25H2,1-4H3/b19-15+,24-13?. The number of carbonyl (C=O) groups excluding carboxylic acids is 2. The van der Waals surface area contributed by atoms with Gasteiger partial charge in [0.2, 0.25) is 0 Å². The minimum absolute atomic E-state index is 0.255. The highest BCUT2D eigenvalue weighted by Gasteiger charge is 2.26. The van der Waals surface area contributed by atoms with Crippen LogP contribution in [0.3, 0.4) is 0 Å². The number of esters is 1. The number of methoxy groups -OCH3 is 1. The van der Waals surface area contributed by atoms with Crippen LogP contribution in [0.5, 0.6) is 0 Å². The minimum Gasteiger partial charge on any atom is -0.468 e. The second-order valence-electron chi connectivity index (χ2n) is 8.69. The molecule has 0 spiro atoms. The Kier molecular flexibility index (Phi) is 8.62. The van der Waals surface area contributed by atoms with Crippen LogP contribution in [0, 0.1) is 11.3 Å². The van der Waals surface area contributed by atoms with E-state index in [1.807, 2.05) is 26.8 Å². The third-order valence-electron chi connectivity index (χ3n) is 5.12. The predicted octanol–water partition coefficient (Wildman–Crippen LogP) is 3.09. The Morgan fingerprint density at radius 2 is 2.00 bits per heavy atom. The number of amides is 1. The third-order valence-corrected chi connectivity index (χ3v) is 5.12. The molecular formula is C23H34N4O4. The third kappa shape index (κ3) is 7.40. The van der Waals surface area contributed by atoms with Gasteiger partial charge in [0.15, 0.2) is 0 Å². The zero-order valence-electron chi connectivity index (χ0n) is 18.8. The van der Waals surface area contributed by atoms with Crippen LogP contribution in [0.2, 0.25) is 0 Å². The van der Waals surface area contributed by atoms with Crippen LogP contribution in [0.25, 0.3) is 5.57 Å². The summed E-state index contributed by atoms with van der Waals surface area (Å²) in [6, 6.07) is 6.36. The van der Waals surface area contributed by atoms with Gasteiger partial charge in [0.05, 0.1) is 7.11 Å². The van der Waals surface area contributed by atoms with E-state index in [4.69, 9.17) is 20.6 Å².